The van der Waals surface area contributed by atoms with Gasteiger partial charge in [-0.3, -0.25) is 9.59 Å². The lowest BCUT2D eigenvalue weighted by atomic mass is 9.97. The lowest BCUT2D eigenvalue weighted by molar-refractivity contribution is -0.137. The Balaban J connectivity index is 2.10. The van der Waals surface area contributed by atoms with Gasteiger partial charge in [-0.05, 0) is 38.8 Å². The fraction of sp³-hybridized carbons (Fsp3) is 0.833. The van der Waals surface area contributed by atoms with Gasteiger partial charge >= 0.3 is 5.97 Å². The van der Waals surface area contributed by atoms with Crippen LogP contribution in [0.25, 0.3) is 0 Å². The molecule has 1 rings (SSSR count). The van der Waals surface area contributed by atoms with Gasteiger partial charge in [0.2, 0.25) is 5.91 Å². The van der Waals surface area contributed by atoms with Crippen molar-refractivity contribution in [1.29, 1.82) is 0 Å². The van der Waals surface area contributed by atoms with E-state index in [2.05, 4.69) is 4.90 Å². The SMILES string of the molecule is NC(=O)C1CCCN(CCCCCC(=O)O)C1. The van der Waals surface area contributed by atoms with Gasteiger partial charge in [0, 0.05) is 13.0 Å². The average Bonchev–Trinajstić information content (AvgIpc) is 2.28. The van der Waals surface area contributed by atoms with Gasteiger partial charge < -0.3 is 15.7 Å². The molecule has 1 fully saturated rings. The highest BCUT2D eigenvalue weighted by Crippen LogP contribution is 2.16. The summed E-state index contributed by atoms with van der Waals surface area (Å²) in [6, 6.07) is 0. The molecule has 0 aromatic heterocycles. The summed E-state index contributed by atoms with van der Waals surface area (Å²) in [5.74, 6) is -0.917. The highest BCUT2D eigenvalue weighted by molar-refractivity contribution is 5.76. The molecule has 1 amide bonds. The van der Waals surface area contributed by atoms with Crippen LogP contribution >= 0.6 is 0 Å². The minimum Gasteiger partial charge on any atom is -0.481 e. The van der Waals surface area contributed by atoms with Crippen molar-refractivity contribution >= 4 is 11.9 Å². The largest absolute Gasteiger partial charge is 0.481 e. The molecule has 0 aromatic carbocycles. The topological polar surface area (TPSA) is 83.6 Å². The Labute approximate surface area is 102 Å². The Morgan fingerprint density at radius 1 is 1.29 bits per heavy atom. The molecule has 3 N–H and O–H groups in total. The number of carbonyl (C=O) groups is 2. The maximum absolute atomic E-state index is 11.1. The zero-order chi connectivity index (χ0) is 12.7. The van der Waals surface area contributed by atoms with Gasteiger partial charge in [0.05, 0.1) is 5.92 Å². The molecule has 98 valence electrons. The molecule has 17 heavy (non-hydrogen) atoms. The molecule has 5 heteroatoms. The van der Waals surface area contributed by atoms with E-state index >= 15 is 0 Å². The first-order valence-electron chi connectivity index (χ1n) is 6.33. The van der Waals surface area contributed by atoms with Crippen molar-refractivity contribution < 1.29 is 14.7 Å². The molecule has 5 nitrogen and oxygen atoms in total. The van der Waals surface area contributed by atoms with Gasteiger partial charge in [-0.25, -0.2) is 0 Å². The van der Waals surface area contributed by atoms with Crippen LogP contribution in [-0.4, -0.2) is 41.5 Å². The molecule has 1 aliphatic heterocycles. The first-order chi connectivity index (χ1) is 8.09. The molecule has 1 atom stereocenters. The van der Waals surface area contributed by atoms with E-state index in [1.54, 1.807) is 0 Å². The molecule has 0 saturated carbocycles. The fourth-order valence-electron chi connectivity index (χ4n) is 2.28. The quantitative estimate of drug-likeness (QED) is 0.648. The van der Waals surface area contributed by atoms with Crippen molar-refractivity contribution in [3.8, 4) is 0 Å². The second-order valence-electron chi connectivity index (χ2n) is 4.75. The van der Waals surface area contributed by atoms with Gasteiger partial charge in [-0.15, -0.1) is 0 Å². The van der Waals surface area contributed by atoms with Gasteiger partial charge in [0.1, 0.15) is 0 Å². The Hall–Kier alpha value is -1.10. The lowest BCUT2D eigenvalue weighted by Gasteiger charge is -2.31. The third-order valence-corrected chi connectivity index (χ3v) is 3.27. The zero-order valence-electron chi connectivity index (χ0n) is 10.2. The number of nitrogens with two attached hydrogens (primary N) is 1. The van der Waals surface area contributed by atoms with E-state index in [4.69, 9.17) is 10.8 Å². The summed E-state index contributed by atoms with van der Waals surface area (Å²) in [6.07, 6.45) is 4.86. The number of piperidine rings is 1. The predicted molar refractivity (Wildman–Crippen MR) is 64.5 cm³/mol. The summed E-state index contributed by atoms with van der Waals surface area (Å²) in [4.78, 5) is 23.7. The van der Waals surface area contributed by atoms with Crippen molar-refractivity contribution in [1.82, 2.24) is 4.90 Å². The fourth-order valence-corrected chi connectivity index (χ4v) is 2.28. The smallest absolute Gasteiger partial charge is 0.303 e. The van der Waals surface area contributed by atoms with Gasteiger partial charge in [0.25, 0.3) is 0 Å². The van der Waals surface area contributed by atoms with Crippen LogP contribution in [0.1, 0.15) is 38.5 Å². The van der Waals surface area contributed by atoms with Crippen molar-refractivity contribution in [2.24, 2.45) is 11.7 Å². The average molecular weight is 242 g/mol. The standard InChI is InChI=1S/C12H22N2O3/c13-12(17)10-5-4-8-14(9-10)7-3-1-2-6-11(15)16/h10H,1-9H2,(H2,13,17)(H,15,16). The van der Waals surface area contributed by atoms with Crippen molar-refractivity contribution in [3.63, 3.8) is 0 Å². The number of carbonyl (C=O) groups excluding carboxylic acids is 1. The Morgan fingerprint density at radius 2 is 2.06 bits per heavy atom. The number of carboxylic acid groups (broad SMARTS) is 1. The van der Waals surface area contributed by atoms with E-state index in [9.17, 15) is 9.59 Å². The van der Waals surface area contributed by atoms with E-state index < -0.39 is 5.97 Å². The minimum atomic E-state index is -0.725. The van der Waals surface area contributed by atoms with E-state index in [0.29, 0.717) is 0 Å². The number of primary amides is 1. The molecular formula is C12H22N2O3. The molecule has 0 aromatic rings. The number of likely N-dealkylation sites (tertiary alicyclic amines) is 1. The van der Waals surface area contributed by atoms with E-state index in [1.165, 1.54) is 0 Å². The monoisotopic (exact) mass is 242 g/mol. The highest BCUT2D eigenvalue weighted by atomic mass is 16.4. The molecule has 0 radical (unpaired) electrons. The van der Waals surface area contributed by atoms with Crippen LogP contribution < -0.4 is 5.73 Å². The van der Waals surface area contributed by atoms with E-state index in [-0.39, 0.29) is 18.2 Å². The molecule has 1 saturated heterocycles. The molecule has 0 spiro atoms. The van der Waals surface area contributed by atoms with Crippen LogP contribution in [0.4, 0.5) is 0 Å². The summed E-state index contributed by atoms with van der Waals surface area (Å²) in [7, 11) is 0. The molecule has 1 aliphatic rings. The first kappa shape index (κ1) is 14.0. The van der Waals surface area contributed by atoms with Crippen LogP contribution in [0.15, 0.2) is 0 Å². The highest BCUT2D eigenvalue weighted by Gasteiger charge is 2.23. The van der Waals surface area contributed by atoms with Crippen LogP contribution in [0.5, 0.6) is 0 Å². The second kappa shape index (κ2) is 7.27. The Bertz CT molecular complexity index is 268. The molecule has 0 aliphatic carbocycles. The van der Waals surface area contributed by atoms with Crippen LogP contribution in [0.2, 0.25) is 0 Å². The maximum Gasteiger partial charge on any atom is 0.303 e. The Morgan fingerprint density at radius 3 is 2.71 bits per heavy atom. The number of nitrogens with zero attached hydrogens (tertiary/aromatic N) is 1. The second-order valence-corrected chi connectivity index (χ2v) is 4.75. The number of carboxylic acids is 1. The van der Waals surface area contributed by atoms with Crippen LogP contribution in [0, 0.1) is 5.92 Å². The van der Waals surface area contributed by atoms with Gasteiger partial charge in [0.15, 0.2) is 0 Å². The van der Waals surface area contributed by atoms with Crippen LogP contribution in [-0.2, 0) is 9.59 Å². The molecular weight excluding hydrogens is 220 g/mol. The molecule has 1 heterocycles. The number of amides is 1. The number of hydrogen-bond acceptors (Lipinski definition) is 3. The maximum atomic E-state index is 11.1. The van der Waals surface area contributed by atoms with Crippen molar-refractivity contribution in [3.05, 3.63) is 0 Å². The summed E-state index contributed by atoms with van der Waals surface area (Å²) in [5.41, 5.74) is 5.31. The normalized spacial score (nSPS) is 21.3. The third kappa shape index (κ3) is 5.68. The minimum absolute atomic E-state index is 0.00256. The van der Waals surface area contributed by atoms with Gasteiger partial charge in [-0.2, -0.15) is 0 Å². The molecule has 1 unspecified atom stereocenters. The van der Waals surface area contributed by atoms with Gasteiger partial charge in [-0.1, -0.05) is 6.42 Å². The predicted octanol–water partition coefficient (Wildman–Crippen LogP) is 0.829. The van der Waals surface area contributed by atoms with E-state index in [0.717, 1.165) is 51.7 Å². The molecule has 0 bridgehead atoms. The third-order valence-electron chi connectivity index (χ3n) is 3.27. The number of aliphatic carboxylic acids is 1. The summed E-state index contributed by atoms with van der Waals surface area (Å²) >= 11 is 0. The number of unbranched alkanes of at least 4 members (excludes halogenated alkanes) is 2. The summed E-state index contributed by atoms with van der Waals surface area (Å²) < 4.78 is 0. The van der Waals surface area contributed by atoms with Crippen LogP contribution in [0.3, 0.4) is 0 Å². The summed E-state index contributed by atoms with van der Waals surface area (Å²) in [5, 5.41) is 8.50. The summed E-state index contributed by atoms with van der Waals surface area (Å²) in [6.45, 7) is 2.75. The van der Waals surface area contributed by atoms with E-state index in [1.807, 2.05) is 0 Å². The Kier molecular flexibility index (Phi) is 5.97. The zero-order valence-corrected chi connectivity index (χ0v) is 10.2. The lowest BCUT2D eigenvalue weighted by Crippen LogP contribution is -2.41. The van der Waals surface area contributed by atoms with Crippen molar-refractivity contribution in [2.45, 2.75) is 38.5 Å². The number of hydrogen-bond donors (Lipinski definition) is 2. The van der Waals surface area contributed by atoms with Crippen molar-refractivity contribution in [2.75, 3.05) is 19.6 Å². The first-order valence-corrected chi connectivity index (χ1v) is 6.33. The number of rotatable bonds is 7.